The predicted molar refractivity (Wildman–Crippen MR) is 148 cm³/mol. The van der Waals surface area contributed by atoms with Crippen molar-refractivity contribution in [2.24, 2.45) is 0 Å². The van der Waals surface area contributed by atoms with E-state index in [1.807, 2.05) is 54.6 Å². The van der Waals surface area contributed by atoms with Gasteiger partial charge in [0.2, 0.25) is 0 Å². The van der Waals surface area contributed by atoms with Crippen LogP contribution in [0.1, 0.15) is 48.9 Å². The topological polar surface area (TPSA) is 85.3 Å². The van der Waals surface area contributed by atoms with E-state index in [0.29, 0.717) is 49.8 Å². The molecule has 0 bridgehead atoms. The van der Waals surface area contributed by atoms with Gasteiger partial charge in [-0.3, -0.25) is 9.59 Å². The Hall–Kier alpha value is -4.26. The van der Waals surface area contributed by atoms with E-state index in [4.69, 9.17) is 14.2 Å². The molecular weight excluding hydrogens is 494 g/mol. The Morgan fingerprint density at radius 3 is 2.44 bits per heavy atom. The molecule has 7 nitrogen and oxygen atoms in total. The largest absolute Gasteiger partial charge is 0.507 e. The van der Waals surface area contributed by atoms with Gasteiger partial charge in [0, 0.05) is 12.1 Å². The summed E-state index contributed by atoms with van der Waals surface area (Å²) < 4.78 is 17.1. The summed E-state index contributed by atoms with van der Waals surface area (Å²) in [4.78, 5) is 28.3. The third-order valence-electron chi connectivity index (χ3n) is 7.05. The maximum Gasteiger partial charge on any atom is 0.295 e. The highest BCUT2D eigenvalue weighted by Gasteiger charge is 2.46. The molecule has 5 rings (SSSR count). The summed E-state index contributed by atoms with van der Waals surface area (Å²) >= 11 is 0. The lowest BCUT2D eigenvalue weighted by atomic mass is 9.95. The van der Waals surface area contributed by atoms with Crippen LogP contribution in [0.25, 0.3) is 5.76 Å². The molecule has 39 heavy (non-hydrogen) atoms. The number of hydrogen-bond acceptors (Lipinski definition) is 6. The van der Waals surface area contributed by atoms with Crippen molar-refractivity contribution in [3.05, 3.63) is 95.1 Å². The molecule has 202 valence electrons. The van der Waals surface area contributed by atoms with Gasteiger partial charge in [-0.2, -0.15) is 0 Å². The van der Waals surface area contributed by atoms with Crippen LogP contribution in [0.4, 0.5) is 0 Å². The molecular formula is C32H33NO6. The first-order chi connectivity index (χ1) is 19.1. The van der Waals surface area contributed by atoms with Gasteiger partial charge in [0.15, 0.2) is 11.5 Å². The van der Waals surface area contributed by atoms with E-state index < -0.39 is 17.7 Å². The number of aliphatic hydroxyl groups excluding tert-OH is 1. The Labute approximate surface area is 228 Å². The average Bonchev–Trinajstić information content (AvgIpc) is 3.23. The van der Waals surface area contributed by atoms with Gasteiger partial charge >= 0.3 is 0 Å². The molecule has 0 radical (unpaired) electrons. The van der Waals surface area contributed by atoms with Crippen LogP contribution in [-0.2, 0) is 16.0 Å². The first-order valence-corrected chi connectivity index (χ1v) is 13.5. The zero-order valence-corrected chi connectivity index (χ0v) is 22.1. The molecule has 0 aliphatic carbocycles. The number of rotatable bonds is 10. The fourth-order valence-electron chi connectivity index (χ4n) is 4.99. The van der Waals surface area contributed by atoms with E-state index in [2.05, 4.69) is 6.92 Å². The number of ketones is 1. The molecule has 2 aliphatic rings. The average molecular weight is 528 g/mol. The van der Waals surface area contributed by atoms with Crippen LogP contribution in [0.2, 0.25) is 0 Å². The van der Waals surface area contributed by atoms with E-state index in [-0.39, 0.29) is 11.3 Å². The van der Waals surface area contributed by atoms with Gasteiger partial charge in [-0.05, 0) is 54.3 Å². The van der Waals surface area contributed by atoms with Crippen molar-refractivity contribution < 1.29 is 28.9 Å². The third-order valence-corrected chi connectivity index (χ3v) is 7.05. The number of unbranched alkanes of at least 4 members (excludes halogenated alkanes) is 2. The number of fused-ring (bicyclic) bond motifs is 1. The number of benzene rings is 3. The normalized spacial score (nSPS) is 17.9. The van der Waals surface area contributed by atoms with Gasteiger partial charge in [0.1, 0.15) is 24.7 Å². The summed E-state index contributed by atoms with van der Waals surface area (Å²) in [5, 5.41) is 11.4. The first kappa shape index (κ1) is 26.4. The summed E-state index contributed by atoms with van der Waals surface area (Å²) in [6.45, 7) is 3.95. The zero-order chi connectivity index (χ0) is 27.2. The number of ether oxygens (including phenoxy) is 3. The molecule has 3 aromatic rings. The molecule has 1 amide bonds. The summed E-state index contributed by atoms with van der Waals surface area (Å²) in [7, 11) is 0. The lowest BCUT2D eigenvalue weighted by Gasteiger charge is -2.26. The summed E-state index contributed by atoms with van der Waals surface area (Å²) in [5.41, 5.74) is 2.23. The molecule has 2 heterocycles. The van der Waals surface area contributed by atoms with Crippen molar-refractivity contribution in [3.63, 3.8) is 0 Å². The van der Waals surface area contributed by atoms with E-state index in [0.717, 1.165) is 36.1 Å². The lowest BCUT2D eigenvalue weighted by Crippen LogP contribution is -2.31. The van der Waals surface area contributed by atoms with Crippen molar-refractivity contribution in [1.82, 2.24) is 4.90 Å². The van der Waals surface area contributed by atoms with Crippen molar-refractivity contribution in [2.75, 3.05) is 26.4 Å². The fraction of sp³-hybridized carbons (Fsp3) is 0.312. The van der Waals surface area contributed by atoms with E-state index >= 15 is 0 Å². The van der Waals surface area contributed by atoms with Crippen LogP contribution in [0.5, 0.6) is 17.2 Å². The standard InChI is InChI=1S/C32H33NO6/c1-2-3-7-18-37-25-13-10-23(11-14-25)29-28(30(34)24-12-15-26-27(21-24)39-20-19-38-26)31(35)32(36)33(29)17-16-22-8-5-4-6-9-22/h4-6,8-15,21,29,34H,2-3,7,16-20H2,1H3/b30-28-. The van der Waals surface area contributed by atoms with Gasteiger partial charge in [-0.1, -0.05) is 62.2 Å². The van der Waals surface area contributed by atoms with Crippen LogP contribution >= 0.6 is 0 Å². The van der Waals surface area contributed by atoms with Crippen LogP contribution in [-0.4, -0.2) is 48.1 Å². The molecule has 1 atom stereocenters. The maximum absolute atomic E-state index is 13.4. The number of hydrogen-bond donors (Lipinski definition) is 1. The smallest absolute Gasteiger partial charge is 0.295 e. The Bertz CT molecular complexity index is 1350. The van der Waals surface area contributed by atoms with E-state index in [1.54, 1.807) is 23.1 Å². The molecule has 7 heteroatoms. The van der Waals surface area contributed by atoms with Crippen LogP contribution < -0.4 is 14.2 Å². The second-order valence-electron chi connectivity index (χ2n) is 9.71. The third kappa shape index (κ3) is 5.77. The molecule has 3 aromatic carbocycles. The van der Waals surface area contributed by atoms with E-state index in [9.17, 15) is 14.7 Å². The molecule has 1 fully saturated rings. The SMILES string of the molecule is CCCCCOc1ccc(C2/C(=C(/O)c3ccc4c(c3)OCCO4)C(=O)C(=O)N2CCc2ccccc2)cc1. The molecule has 0 spiro atoms. The Morgan fingerprint density at radius 2 is 1.69 bits per heavy atom. The van der Waals surface area contributed by atoms with E-state index in [1.165, 1.54) is 0 Å². The predicted octanol–water partition coefficient (Wildman–Crippen LogP) is 5.69. The molecule has 0 saturated carbocycles. The molecule has 2 aliphatic heterocycles. The Morgan fingerprint density at radius 1 is 0.949 bits per heavy atom. The van der Waals surface area contributed by atoms with Crippen LogP contribution in [0.3, 0.4) is 0 Å². The minimum absolute atomic E-state index is 0.0568. The number of carbonyl (C=O) groups excluding carboxylic acids is 2. The van der Waals surface area contributed by atoms with Gasteiger partial charge in [0.05, 0.1) is 18.2 Å². The zero-order valence-electron chi connectivity index (χ0n) is 22.1. The van der Waals surface area contributed by atoms with Crippen molar-refractivity contribution in [1.29, 1.82) is 0 Å². The van der Waals surface area contributed by atoms with Gasteiger partial charge in [-0.15, -0.1) is 0 Å². The summed E-state index contributed by atoms with van der Waals surface area (Å²) in [6.07, 6.45) is 3.78. The van der Waals surface area contributed by atoms with Gasteiger partial charge in [-0.25, -0.2) is 0 Å². The molecule has 1 N–H and O–H groups in total. The number of nitrogens with zero attached hydrogens (tertiary/aromatic N) is 1. The highest BCUT2D eigenvalue weighted by molar-refractivity contribution is 6.46. The van der Waals surface area contributed by atoms with Crippen molar-refractivity contribution >= 4 is 17.4 Å². The number of aliphatic hydroxyl groups is 1. The first-order valence-electron chi connectivity index (χ1n) is 13.5. The highest BCUT2D eigenvalue weighted by atomic mass is 16.6. The lowest BCUT2D eigenvalue weighted by molar-refractivity contribution is -0.139. The second kappa shape index (κ2) is 12.1. The van der Waals surface area contributed by atoms with Gasteiger partial charge < -0.3 is 24.2 Å². The van der Waals surface area contributed by atoms with Crippen LogP contribution in [0.15, 0.2) is 78.4 Å². The minimum atomic E-state index is -0.740. The minimum Gasteiger partial charge on any atom is -0.507 e. The Balaban J connectivity index is 1.49. The summed E-state index contributed by atoms with van der Waals surface area (Å²) in [6, 6.07) is 21.5. The number of likely N-dealkylation sites (tertiary alicyclic amines) is 1. The van der Waals surface area contributed by atoms with Crippen molar-refractivity contribution in [2.45, 2.75) is 38.6 Å². The second-order valence-corrected chi connectivity index (χ2v) is 9.71. The number of Topliss-reactive ketones (excluding diaryl/α,β-unsaturated/α-hetero) is 1. The highest BCUT2D eigenvalue weighted by Crippen LogP contribution is 2.41. The molecule has 1 saturated heterocycles. The van der Waals surface area contributed by atoms with Gasteiger partial charge in [0.25, 0.3) is 11.7 Å². The van der Waals surface area contributed by atoms with Crippen LogP contribution in [0, 0.1) is 0 Å². The number of amides is 1. The maximum atomic E-state index is 13.4. The Kier molecular flexibility index (Phi) is 8.16. The fourth-order valence-corrected chi connectivity index (χ4v) is 4.99. The summed E-state index contributed by atoms with van der Waals surface area (Å²) in [5.74, 6) is 0.215. The number of carbonyl (C=O) groups is 2. The monoisotopic (exact) mass is 527 g/mol. The quantitative estimate of drug-likeness (QED) is 0.158. The molecule has 0 aromatic heterocycles. The molecule has 1 unspecified atom stereocenters. The van der Waals surface area contributed by atoms with Crippen molar-refractivity contribution in [3.8, 4) is 17.2 Å².